The Balaban J connectivity index is 1.59. The van der Waals surface area contributed by atoms with E-state index in [1.807, 2.05) is 31.9 Å². The van der Waals surface area contributed by atoms with Gasteiger partial charge in [0.05, 0.1) is 30.2 Å². The van der Waals surface area contributed by atoms with Gasteiger partial charge in [0.25, 0.3) is 0 Å². The van der Waals surface area contributed by atoms with Crippen LogP contribution in [-0.4, -0.2) is 56.0 Å². The monoisotopic (exact) mass is 481 g/mol. The average Bonchev–Trinajstić information content (AvgIpc) is 3.28. The van der Waals surface area contributed by atoms with Crippen LogP contribution >= 0.6 is 0 Å². The van der Waals surface area contributed by atoms with Gasteiger partial charge in [-0.15, -0.1) is 0 Å². The zero-order valence-electron chi connectivity index (χ0n) is 19.9. The minimum absolute atomic E-state index is 0.129. The Labute approximate surface area is 200 Å². The van der Waals surface area contributed by atoms with Crippen LogP contribution in [0.4, 0.5) is 14.7 Å². The van der Waals surface area contributed by atoms with Crippen LogP contribution in [0, 0.1) is 25.5 Å². The lowest BCUT2D eigenvalue weighted by Gasteiger charge is -2.36. The summed E-state index contributed by atoms with van der Waals surface area (Å²) in [6, 6.07) is 3.40. The number of hydrogen-bond donors (Lipinski definition) is 0. The largest absolute Gasteiger partial charge is 0.367 e. The molecule has 2 atom stereocenters. The van der Waals surface area contributed by atoms with Crippen LogP contribution in [0.25, 0.3) is 22.4 Å². The minimum atomic E-state index is -0.727. The SMILES string of the molecule is COCn1cc([C@@H]2CN(c3nc(-c4ccc(F)cc4F)c4nc(C)c(C)nc4n3)C[C@H](C)O2)cn1. The Hall–Kier alpha value is -3.57. The number of morpholine rings is 1. The summed E-state index contributed by atoms with van der Waals surface area (Å²) in [5, 5.41) is 4.30. The summed E-state index contributed by atoms with van der Waals surface area (Å²) in [5.74, 6) is -1.02. The smallest absolute Gasteiger partial charge is 0.228 e. The first-order chi connectivity index (χ1) is 16.8. The van der Waals surface area contributed by atoms with E-state index in [1.54, 1.807) is 18.0 Å². The number of aryl methyl sites for hydroxylation is 2. The fourth-order valence-electron chi connectivity index (χ4n) is 4.16. The Bertz CT molecular complexity index is 1390. The number of aromatic nitrogens is 6. The van der Waals surface area contributed by atoms with Crippen molar-refractivity contribution in [1.82, 2.24) is 29.7 Å². The number of anilines is 1. The molecule has 0 saturated carbocycles. The summed E-state index contributed by atoms with van der Waals surface area (Å²) in [7, 11) is 1.60. The number of ether oxygens (including phenoxy) is 2. The number of halogens is 2. The molecule has 0 aliphatic carbocycles. The number of hydrogen-bond acceptors (Lipinski definition) is 8. The van der Waals surface area contributed by atoms with Crippen LogP contribution in [0.3, 0.4) is 0 Å². The Morgan fingerprint density at radius 3 is 2.66 bits per heavy atom. The van der Waals surface area contributed by atoms with Gasteiger partial charge in [-0.3, -0.25) is 0 Å². The molecule has 0 amide bonds. The first-order valence-electron chi connectivity index (χ1n) is 11.2. The molecule has 35 heavy (non-hydrogen) atoms. The molecule has 4 heterocycles. The minimum Gasteiger partial charge on any atom is -0.367 e. The van der Waals surface area contributed by atoms with E-state index in [-0.39, 0.29) is 23.5 Å². The van der Waals surface area contributed by atoms with Gasteiger partial charge in [-0.25, -0.2) is 28.4 Å². The number of rotatable bonds is 5. The third-order valence-corrected chi connectivity index (χ3v) is 5.95. The second kappa shape index (κ2) is 9.23. The highest BCUT2D eigenvalue weighted by Gasteiger charge is 2.30. The highest BCUT2D eigenvalue weighted by atomic mass is 19.1. The van der Waals surface area contributed by atoms with Crippen LogP contribution < -0.4 is 4.90 Å². The molecule has 0 spiro atoms. The van der Waals surface area contributed by atoms with Crippen LogP contribution in [0.5, 0.6) is 0 Å². The summed E-state index contributed by atoms with van der Waals surface area (Å²) in [4.78, 5) is 20.5. The number of nitrogens with zero attached hydrogens (tertiary/aromatic N) is 7. The lowest BCUT2D eigenvalue weighted by Crippen LogP contribution is -2.43. The number of benzene rings is 1. The van der Waals surface area contributed by atoms with Crippen molar-refractivity contribution in [1.29, 1.82) is 0 Å². The van der Waals surface area contributed by atoms with E-state index in [9.17, 15) is 8.78 Å². The topological polar surface area (TPSA) is 91.1 Å². The maximum atomic E-state index is 14.8. The van der Waals surface area contributed by atoms with Crippen molar-refractivity contribution < 1.29 is 18.3 Å². The van der Waals surface area contributed by atoms with Crippen molar-refractivity contribution >= 4 is 17.1 Å². The van der Waals surface area contributed by atoms with E-state index in [2.05, 4.69) is 20.1 Å². The molecular formula is C24H25F2N7O2. The molecule has 9 nitrogen and oxygen atoms in total. The second-order valence-electron chi connectivity index (χ2n) is 8.63. The van der Waals surface area contributed by atoms with Gasteiger partial charge >= 0.3 is 0 Å². The molecule has 0 unspecified atom stereocenters. The molecule has 182 valence electrons. The lowest BCUT2D eigenvalue weighted by molar-refractivity contribution is -0.0179. The molecule has 5 rings (SSSR count). The molecule has 3 aromatic heterocycles. The third kappa shape index (κ3) is 4.56. The zero-order valence-corrected chi connectivity index (χ0v) is 19.9. The maximum Gasteiger partial charge on any atom is 0.228 e. The molecule has 0 bridgehead atoms. The summed E-state index contributed by atoms with van der Waals surface area (Å²) >= 11 is 0. The van der Waals surface area contributed by atoms with Gasteiger partial charge in [0.15, 0.2) is 5.65 Å². The Morgan fingerprint density at radius 2 is 1.89 bits per heavy atom. The summed E-state index contributed by atoms with van der Waals surface area (Å²) in [5.41, 5.74) is 3.41. The average molecular weight is 482 g/mol. The van der Waals surface area contributed by atoms with E-state index in [0.717, 1.165) is 11.6 Å². The molecule has 1 aliphatic heterocycles. The van der Waals surface area contributed by atoms with E-state index in [4.69, 9.17) is 14.5 Å². The first kappa shape index (κ1) is 23.2. The van der Waals surface area contributed by atoms with E-state index in [1.165, 1.54) is 12.1 Å². The summed E-state index contributed by atoms with van der Waals surface area (Å²) in [6.45, 7) is 6.94. The predicted octanol–water partition coefficient (Wildman–Crippen LogP) is 3.75. The Morgan fingerprint density at radius 1 is 1.09 bits per heavy atom. The van der Waals surface area contributed by atoms with Crippen LogP contribution in [0.1, 0.15) is 30.0 Å². The summed E-state index contributed by atoms with van der Waals surface area (Å²) < 4.78 is 41.4. The molecule has 1 saturated heterocycles. The van der Waals surface area contributed by atoms with Gasteiger partial charge < -0.3 is 14.4 Å². The number of methoxy groups -OCH3 is 1. The Kier molecular flexibility index (Phi) is 6.12. The van der Waals surface area contributed by atoms with Gasteiger partial charge in [0, 0.05) is 37.0 Å². The predicted molar refractivity (Wildman–Crippen MR) is 125 cm³/mol. The van der Waals surface area contributed by atoms with Crippen molar-refractivity contribution in [2.45, 2.75) is 39.7 Å². The van der Waals surface area contributed by atoms with Gasteiger partial charge in [-0.2, -0.15) is 10.1 Å². The molecular weight excluding hydrogens is 456 g/mol. The summed E-state index contributed by atoms with van der Waals surface area (Å²) in [6.07, 6.45) is 3.22. The third-order valence-electron chi connectivity index (χ3n) is 5.95. The highest BCUT2D eigenvalue weighted by Crippen LogP contribution is 2.32. The molecule has 1 aromatic carbocycles. The maximum absolute atomic E-state index is 14.8. The van der Waals surface area contributed by atoms with Crippen molar-refractivity contribution in [2.75, 3.05) is 25.1 Å². The molecule has 0 N–H and O–H groups in total. The van der Waals surface area contributed by atoms with Crippen molar-refractivity contribution in [2.24, 2.45) is 0 Å². The van der Waals surface area contributed by atoms with Gasteiger partial charge in [-0.1, -0.05) is 0 Å². The van der Waals surface area contributed by atoms with Gasteiger partial charge in [-0.05, 0) is 32.9 Å². The first-order valence-corrected chi connectivity index (χ1v) is 11.2. The molecule has 4 aromatic rings. The van der Waals surface area contributed by atoms with Crippen molar-refractivity contribution in [3.8, 4) is 11.3 Å². The van der Waals surface area contributed by atoms with Crippen LogP contribution in [-0.2, 0) is 16.2 Å². The quantitative estimate of drug-likeness (QED) is 0.426. The van der Waals surface area contributed by atoms with Crippen LogP contribution in [0.15, 0.2) is 30.6 Å². The van der Waals surface area contributed by atoms with Crippen LogP contribution in [0.2, 0.25) is 0 Å². The van der Waals surface area contributed by atoms with E-state index >= 15 is 0 Å². The second-order valence-corrected chi connectivity index (χ2v) is 8.63. The van der Waals surface area contributed by atoms with Gasteiger partial charge in [0.1, 0.15) is 35.7 Å². The lowest BCUT2D eigenvalue weighted by atomic mass is 10.1. The van der Waals surface area contributed by atoms with E-state index in [0.29, 0.717) is 48.3 Å². The molecule has 1 fully saturated rings. The molecule has 11 heteroatoms. The normalized spacial score (nSPS) is 18.4. The number of fused-ring (bicyclic) bond motifs is 1. The fraction of sp³-hybridized carbons (Fsp3) is 0.375. The molecule has 1 aliphatic rings. The van der Waals surface area contributed by atoms with Crippen molar-refractivity contribution in [3.63, 3.8) is 0 Å². The molecule has 0 radical (unpaired) electrons. The zero-order chi connectivity index (χ0) is 24.7. The highest BCUT2D eigenvalue weighted by molar-refractivity contribution is 5.88. The van der Waals surface area contributed by atoms with E-state index < -0.39 is 11.6 Å². The van der Waals surface area contributed by atoms with Crippen molar-refractivity contribution in [3.05, 3.63) is 59.2 Å². The standard InChI is InChI=1S/C24H25F2N7O2/c1-13-9-32(11-20(35-13)16-8-27-33(10-16)12-34-4)24-30-21(18-6-5-17(25)7-19(18)26)22-23(31-24)29-15(3)14(2)28-22/h5-8,10,13,20H,9,11-12H2,1-4H3/t13-,20-/m0/s1. The van der Waals surface area contributed by atoms with Gasteiger partial charge in [0.2, 0.25) is 5.95 Å². The fourth-order valence-corrected chi connectivity index (χ4v) is 4.16.